The lowest BCUT2D eigenvalue weighted by Gasteiger charge is -2.34. The maximum atomic E-state index is 5.23. The molecule has 0 amide bonds. The third-order valence-electron chi connectivity index (χ3n) is 5.27. The summed E-state index contributed by atoms with van der Waals surface area (Å²) in [6.07, 6.45) is 5.49. The molecule has 0 radical (unpaired) electrons. The van der Waals surface area contributed by atoms with Crippen molar-refractivity contribution in [3.63, 3.8) is 0 Å². The summed E-state index contributed by atoms with van der Waals surface area (Å²) < 4.78 is 7.23. The van der Waals surface area contributed by atoms with Gasteiger partial charge in [0.1, 0.15) is 17.9 Å². The molecular formula is C20H31N5O. The van der Waals surface area contributed by atoms with E-state index in [2.05, 4.69) is 51.3 Å². The Bertz CT molecular complexity index is 669. The van der Waals surface area contributed by atoms with E-state index in [-0.39, 0.29) is 0 Å². The summed E-state index contributed by atoms with van der Waals surface area (Å²) in [4.78, 5) is 5.00. The van der Waals surface area contributed by atoms with Crippen LogP contribution in [0.25, 0.3) is 0 Å². The van der Waals surface area contributed by atoms with E-state index in [1.165, 1.54) is 31.5 Å². The Balaban J connectivity index is 1.43. The van der Waals surface area contributed by atoms with Crippen LogP contribution in [0.2, 0.25) is 0 Å². The number of rotatable bonds is 8. The van der Waals surface area contributed by atoms with Crippen LogP contribution in [0, 0.1) is 5.92 Å². The maximum absolute atomic E-state index is 5.23. The van der Waals surface area contributed by atoms with Gasteiger partial charge in [0.25, 0.3) is 0 Å². The van der Waals surface area contributed by atoms with E-state index in [1.807, 2.05) is 11.6 Å². The van der Waals surface area contributed by atoms with Crippen LogP contribution in [0.1, 0.15) is 24.2 Å². The van der Waals surface area contributed by atoms with Gasteiger partial charge in [0.15, 0.2) is 0 Å². The Morgan fingerprint density at radius 1 is 1.27 bits per heavy atom. The monoisotopic (exact) mass is 357 g/mol. The van der Waals surface area contributed by atoms with Gasteiger partial charge in [-0.2, -0.15) is 0 Å². The van der Waals surface area contributed by atoms with E-state index in [1.54, 1.807) is 13.4 Å². The molecule has 1 aromatic heterocycles. The second-order valence-corrected chi connectivity index (χ2v) is 7.46. The van der Waals surface area contributed by atoms with Crippen molar-refractivity contribution >= 4 is 0 Å². The van der Waals surface area contributed by atoms with Crippen LogP contribution in [0.4, 0.5) is 0 Å². The molecule has 2 heterocycles. The van der Waals surface area contributed by atoms with Crippen molar-refractivity contribution in [1.82, 2.24) is 24.6 Å². The Morgan fingerprint density at radius 3 is 2.77 bits per heavy atom. The van der Waals surface area contributed by atoms with Crippen molar-refractivity contribution in [2.45, 2.75) is 25.8 Å². The first-order valence-corrected chi connectivity index (χ1v) is 9.50. The number of aromatic nitrogens is 3. The maximum Gasteiger partial charge on any atom is 0.146 e. The Kier molecular flexibility index (Phi) is 6.63. The van der Waals surface area contributed by atoms with Crippen LogP contribution in [0.15, 0.2) is 30.6 Å². The number of piperidine rings is 1. The van der Waals surface area contributed by atoms with Crippen LogP contribution >= 0.6 is 0 Å². The van der Waals surface area contributed by atoms with Gasteiger partial charge in [-0.25, -0.2) is 0 Å². The second kappa shape index (κ2) is 9.14. The first kappa shape index (κ1) is 18.9. The fourth-order valence-corrected chi connectivity index (χ4v) is 3.78. The molecule has 6 nitrogen and oxygen atoms in total. The summed E-state index contributed by atoms with van der Waals surface area (Å²) >= 11 is 0. The van der Waals surface area contributed by atoms with Crippen molar-refractivity contribution in [3.8, 4) is 5.75 Å². The number of benzene rings is 1. The van der Waals surface area contributed by atoms with Crippen molar-refractivity contribution < 1.29 is 4.74 Å². The lowest BCUT2D eigenvalue weighted by atomic mass is 9.97. The molecule has 6 heteroatoms. The van der Waals surface area contributed by atoms with Crippen LogP contribution in [-0.4, -0.2) is 64.9 Å². The van der Waals surface area contributed by atoms with Gasteiger partial charge in [-0.05, 0) is 56.5 Å². The highest BCUT2D eigenvalue weighted by Crippen LogP contribution is 2.19. The molecule has 0 aliphatic carbocycles. The zero-order valence-corrected chi connectivity index (χ0v) is 16.3. The summed E-state index contributed by atoms with van der Waals surface area (Å²) in [7, 11) is 5.90. The molecule has 0 spiro atoms. The summed E-state index contributed by atoms with van der Waals surface area (Å²) in [5, 5.41) is 8.16. The van der Waals surface area contributed by atoms with Crippen molar-refractivity contribution in [2.24, 2.45) is 13.0 Å². The average molecular weight is 358 g/mol. The number of aryl methyl sites for hydroxylation is 1. The molecule has 2 aromatic rings. The summed E-state index contributed by atoms with van der Waals surface area (Å²) in [5.41, 5.74) is 1.38. The minimum atomic E-state index is 0.734. The van der Waals surface area contributed by atoms with Crippen LogP contribution in [0.3, 0.4) is 0 Å². The Labute approximate surface area is 156 Å². The predicted octanol–water partition coefficient (Wildman–Crippen LogP) is 2.21. The van der Waals surface area contributed by atoms with Gasteiger partial charge < -0.3 is 14.2 Å². The first-order chi connectivity index (χ1) is 12.6. The standard InChI is InChI=1S/C20H31N5O/c1-23(15-20-22-21-16-24(20)2)13-18-5-4-11-25(14-18)12-10-17-6-8-19(26-3)9-7-17/h6-9,16,18H,4-5,10-15H2,1-3H3. The molecule has 1 aromatic carbocycles. The van der Waals surface area contributed by atoms with Crippen LogP contribution < -0.4 is 4.74 Å². The number of hydrogen-bond acceptors (Lipinski definition) is 5. The molecule has 3 rings (SSSR count). The minimum absolute atomic E-state index is 0.734. The van der Waals surface area contributed by atoms with Gasteiger partial charge in [0.05, 0.1) is 13.7 Å². The van der Waals surface area contributed by atoms with Gasteiger partial charge in [0, 0.05) is 26.7 Å². The van der Waals surface area contributed by atoms with Gasteiger partial charge in [-0.15, -0.1) is 10.2 Å². The zero-order chi connectivity index (χ0) is 18.4. The lowest BCUT2D eigenvalue weighted by molar-refractivity contribution is 0.141. The molecule has 1 aliphatic rings. The summed E-state index contributed by atoms with van der Waals surface area (Å²) in [5.74, 6) is 2.69. The molecule has 0 bridgehead atoms. The molecule has 1 fully saturated rings. The third kappa shape index (κ3) is 5.29. The van der Waals surface area contributed by atoms with E-state index in [9.17, 15) is 0 Å². The lowest BCUT2D eigenvalue weighted by Crippen LogP contribution is -2.41. The van der Waals surface area contributed by atoms with Gasteiger partial charge in [-0.3, -0.25) is 4.90 Å². The summed E-state index contributed by atoms with van der Waals surface area (Å²) in [6.45, 7) is 5.53. The number of nitrogens with zero attached hydrogens (tertiary/aromatic N) is 5. The average Bonchev–Trinajstić information content (AvgIpc) is 3.05. The molecular weight excluding hydrogens is 326 g/mol. The highest BCUT2D eigenvalue weighted by atomic mass is 16.5. The topological polar surface area (TPSA) is 46.4 Å². The first-order valence-electron chi connectivity index (χ1n) is 9.50. The van der Waals surface area contributed by atoms with E-state index in [4.69, 9.17) is 4.74 Å². The van der Waals surface area contributed by atoms with Gasteiger partial charge in [0.2, 0.25) is 0 Å². The van der Waals surface area contributed by atoms with Crippen LogP contribution in [0.5, 0.6) is 5.75 Å². The molecule has 142 valence electrons. The SMILES string of the molecule is COc1ccc(CCN2CCCC(CN(C)Cc3nncn3C)C2)cc1. The van der Waals surface area contributed by atoms with E-state index < -0.39 is 0 Å². The van der Waals surface area contributed by atoms with E-state index in [0.717, 1.165) is 43.5 Å². The zero-order valence-electron chi connectivity index (χ0n) is 16.3. The predicted molar refractivity (Wildman–Crippen MR) is 103 cm³/mol. The number of likely N-dealkylation sites (tertiary alicyclic amines) is 1. The van der Waals surface area contributed by atoms with E-state index >= 15 is 0 Å². The smallest absolute Gasteiger partial charge is 0.146 e. The fourth-order valence-electron chi connectivity index (χ4n) is 3.78. The van der Waals surface area contributed by atoms with E-state index in [0.29, 0.717) is 0 Å². The molecule has 26 heavy (non-hydrogen) atoms. The number of hydrogen-bond donors (Lipinski definition) is 0. The normalized spacial score (nSPS) is 18.4. The van der Waals surface area contributed by atoms with Crippen LogP contribution in [-0.2, 0) is 20.0 Å². The number of methoxy groups -OCH3 is 1. The molecule has 1 saturated heterocycles. The van der Waals surface area contributed by atoms with Crippen molar-refractivity contribution in [3.05, 3.63) is 42.0 Å². The Morgan fingerprint density at radius 2 is 2.08 bits per heavy atom. The third-order valence-corrected chi connectivity index (χ3v) is 5.27. The summed E-state index contributed by atoms with van der Waals surface area (Å²) in [6, 6.07) is 8.45. The largest absolute Gasteiger partial charge is 0.497 e. The highest BCUT2D eigenvalue weighted by Gasteiger charge is 2.21. The molecule has 0 saturated carbocycles. The van der Waals surface area contributed by atoms with Gasteiger partial charge in [-0.1, -0.05) is 12.1 Å². The van der Waals surface area contributed by atoms with Crippen molar-refractivity contribution in [2.75, 3.05) is 40.3 Å². The second-order valence-electron chi connectivity index (χ2n) is 7.46. The molecule has 0 N–H and O–H groups in total. The number of ether oxygens (including phenoxy) is 1. The van der Waals surface area contributed by atoms with Gasteiger partial charge >= 0.3 is 0 Å². The molecule has 1 atom stereocenters. The molecule has 1 aliphatic heterocycles. The minimum Gasteiger partial charge on any atom is -0.497 e. The Hall–Kier alpha value is -1.92. The molecule has 1 unspecified atom stereocenters. The van der Waals surface area contributed by atoms with Crippen molar-refractivity contribution in [1.29, 1.82) is 0 Å². The highest BCUT2D eigenvalue weighted by molar-refractivity contribution is 5.27. The fraction of sp³-hybridized carbons (Fsp3) is 0.600. The quantitative estimate of drug-likeness (QED) is 0.725.